The topological polar surface area (TPSA) is 16.4 Å². The summed E-state index contributed by atoms with van der Waals surface area (Å²) in [5.41, 5.74) is 16.3. The molecule has 8 aromatic rings. The number of nitrogens with zero attached hydrogens (tertiary/aromatic N) is 1. The van der Waals surface area contributed by atoms with E-state index in [1.54, 1.807) is 0 Å². The maximum absolute atomic E-state index is 6.71. The lowest BCUT2D eigenvalue weighted by atomic mass is 9.70. The van der Waals surface area contributed by atoms with Crippen molar-refractivity contribution >= 4 is 39.0 Å². The van der Waals surface area contributed by atoms with E-state index in [-0.39, 0.29) is 0 Å². The summed E-state index contributed by atoms with van der Waals surface area (Å²) in [7, 11) is 0. The van der Waals surface area contributed by atoms with Gasteiger partial charge >= 0.3 is 0 Å². The van der Waals surface area contributed by atoms with Crippen LogP contribution >= 0.6 is 0 Å². The number of para-hydroxylation sites is 2. The molecule has 0 saturated heterocycles. The number of aryl methyl sites for hydroxylation is 1. The molecule has 0 bridgehead atoms. The first-order chi connectivity index (χ1) is 22.7. The Morgan fingerprint density at radius 3 is 1.98 bits per heavy atom. The highest BCUT2D eigenvalue weighted by Crippen LogP contribution is 2.64. The normalized spacial score (nSPS) is 15.6. The summed E-state index contributed by atoms with van der Waals surface area (Å²) in [6.45, 7) is 2.16. The molecule has 1 aromatic heterocycles. The number of furan rings is 1. The molecule has 216 valence electrons. The molecule has 0 saturated carbocycles. The lowest BCUT2D eigenvalue weighted by molar-refractivity contribution is 0.669. The maximum Gasteiger partial charge on any atom is 0.143 e. The van der Waals surface area contributed by atoms with Gasteiger partial charge in [0.25, 0.3) is 0 Å². The van der Waals surface area contributed by atoms with Gasteiger partial charge in [-0.05, 0) is 93.9 Å². The third kappa shape index (κ3) is 3.25. The van der Waals surface area contributed by atoms with E-state index in [0.717, 1.165) is 39.0 Å². The van der Waals surface area contributed by atoms with Crippen LogP contribution in [-0.2, 0) is 5.41 Å². The molecule has 0 aliphatic heterocycles. The summed E-state index contributed by atoms with van der Waals surface area (Å²) < 4.78 is 6.71. The van der Waals surface area contributed by atoms with Crippen molar-refractivity contribution in [2.75, 3.05) is 4.90 Å². The van der Waals surface area contributed by atoms with Crippen molar-refractivity contribution in [3.63, 3.8) is 0 Å². The molecule has 1 atom stereocenters. The van der Waals surface area contributed by atoms with Crippen LogP contribution in [0.25, 0.3) is 44.2 Å². The van der Waals surface area contributed by atoms with Crippen LogP contribution in [0.15, 0.2) is 162 Å². The second-order valence-corrected chi connectivity index (χ2v) is 12.5. The van der Waals surface area contributed by atoms with Gasteiger partial charge in [0.15, 0.2) is 0 Å². The molecule has 1 spiro atoms. The van der Waals surface area contributed by atoms with Crippen LogP contribution < -0.4 is 4.90 Å². The van der Waals surface area contributed by atoms with E-state index >= 15 is 0 Å². The third-order valence-electron chi connectivity index (χ3n) is 10.1. The third-order valence-corrected chi connectivity index (χ3v) is 10.1. The number of rotatable bonds is 3. The van der Waals surface area contributed by atoms with E-state index in [4.69, 9.17) is 4.42 Å². The summed E-state index contributed by atoms with van der Waals surface area (Å²) in [5.74, 6) is 0. The first-order valence-corrected chi connectivity index (χ1v) is 15.9. The standard InChI is InChI=1S/C44H29NO/c1-28-12-11-15-30(26-28)45(29-13-3-2-4-14-29)31-22-23-33-32-16-5-8-19-37(32)44(40(33)27-31)38-20-9-6-18-36(38)42-39(44)25-24-35-34-17-7-10-21-41(34)46-43(35)42/h2-27H,1H3. The Morgan fingerprint density at radius 1 is 0.457 bits per heavy atom. The largest absolute Gasteiger partial charge is 0.455 e. The van der Waals surface area contributed by atoms with Crippen molar-refractivity contribution in [1.29, 1.82) is 0 Å². The molecule has 0 fully saturated rings. The van der Waals surface area contributed by atoms with E-state index in [0.29, 0.717) is 0 Å². The molecule has 2 heteroatoms. The predicted molar refractivity (Wildman–Crippen MR) is 189 cm³/mol. The molecule has 2 nitrogen and oxygen atoms in total. The molecule has 1 unspecified atom stereocenters. The fourth-order valence-corrected chi connectivity index (χ4v) is 8.32. The van der Waals surface area contributed by atoms with E-state index in [2.05, 4.69) is 170 Å². The number of benzene rings is 7. The van der Waals surface area contributed by atoms with Gasteiger partial charge < -0.3 is 9.32 Å². The molecule has 0 radical (unpaired) electrons. The van der Waals surface area contributed by atoms with Crippen LogP contribution in [0.4, 0.5) is 17.1 Å². The zero-order valence-electron chi connectivity index (χ0n) is 25.4. The highest BCUT2D eigenvalue weighted by atomic mass is 16.3. The van der Waals surface area contributed by atoms with Crippen LogP contribution in [0.5, 0.6) is 0 Å². The van der Waals surface area contributed by atoms with Gasteiger partial charge in [0.2, 0.25) is 0 Å². The van der Waals surface area contributed by atoms with Gasteiger partial charge in [-0.1, -0.05) is 115 Å². The van der Waals surface area contributed by atoms with Gasteiger partial charge in [-0.15, -0.1) is 0 Å². The van der Waals surface area contributed by atoms with Crippen LogP contribution in [0.3, 0.4) is 0 Å². The van der Waals surface area contributed by atoms with Gasteiger partial charge in [-0.25, -0.2) is 0 Å². The minimum Gasteiger partial charge on any atom is -0.455 e. The zero-order valence-corrected chi connectivity index (χ0v) is 25.4. The molecular formula is C44H29NO. The van der Waals surface area contributed by atoms with Gasteiger partial charge in [0, 0.05) is 33.4 Å². The molecule has 0 N–H and O–H groups in total. The Morgan fingerprint density at radius 2 is 1.13 bits per heavy atom. The fourth-order valence-electron chi connectivity index (χ4n) is 8.32. The Bertz CT molecular complexity index is 2510. The second kappa shape index (κ2) is 9.32. The minimum absolute atomic E-state index is 0.476. The molecule has 2 aliphatic rings. The quantitative estimate of drug-likeness (QED) is 0.204. The Hall–Kier alpha value is -5.86. The van der Waals surface area contributed by atoms with E-state index < -0.39 is 5.41 Å². The van der Waals surface area contributed by atoms with Gasteiger partial charge in [0.1, 0.15) is 11.2 Å². The van der Waals surface area contributed by atoms with Crippen molar-refractivity contribution in [2.24, 2.45) is 0 Å². The lowest BCUT2D eigenvalue weighted by Gasteiger charge is -2.32. The molecule has 2 aliphatic carbocycles. The summed E-state index contributed by atoms with van der Waals surface area (Å²) >= 11 is 0. The zero-order chi connectivity index (χ0) is 30.4. The predicted octanol–water partition coefficient (Wildman–Crippen LogP) is 11.7. The van der Waals surface area contributed by atoms with Crippen molar-refractivity contribution in [3.8, 4) is 22.3 Å². The highest BCUT2D eigenvalue weighted by molar-refractivity contribution is 6.13. The molecule has 0 amide bonds. The van der Waals surface area contributed by atoms with E-state index in [9.17, 15) is 0 Å². The second-order valence-electron chi connectivity index (χ2n) is 12.5. The fraction of sp³-hybridized carbons (Fsp3) is 0.0455. The van der Waals surface area contributed by atoms with Crippen molar-refractivity contribution in [2.45, 2.75) is 12.3 Å². The monoisotopic (exact) mass is 587 g/mol. The van der Waals surface area contributed by atoms with Crippen molar-refractivity contribution < 1.29 is 4.42 Å². The Kier molecular flexibility index (Phi) is 5.16. The van der Waals surface area contributed by atoms with Gasteiger partial charge in [0.05, 0.1) is 5.41 Å². The van der Waals surface area contributed by atoms with Gasteiger partial charge in [-0.3, -0.25) is 0 Å². The summed E-state index contributed by atoms with van der Waals surface area (Å²) in [4.78, 5) is 2.38. The van der Waals surface area contributed by atoms with Crippen LogP contribution in [0, 0.1) is 6.92 Å². The first-order valence-electron chi connectivity index (χ1n) is 15.9. The summed E-state index contributed by atoms with van der Waals surface area (Å²) in [6.07, 6.45) is 0. The molecule has 7 aromatic carbocycles. The van der Waals surface area contributed by atoms with Crippen molar-refractivity contribution in [1.82, 2.24) is 0 Å². The average Bonchev–Trinajstić information content (AvgIpc) is 3.73. The average molecular weight is 588 g/mol. The molecule has 46 heavy (non-hydrogen) atoms. The van der Waals surface area contributed by atoms with Crippen LogP contribution in [-0.4, -0.2) is 0 Å². The summed E-state index contributed by atoms with van der Waals surface area (Å²) in [6, 6.07) is 57.5. The first kappa shape index (κ1) is 25.5. The number of fused-ring (bicyclic) bond motifs is 14. The van der Waals surface area contributed by atoms with Gasteiger partial charge in [-0.2, -0.15) is 0 Å². The SMILES string of the molecule is Cc1cccc(N(c2ccccc2)c2ccc3c(c2)C2(c4ccccc4-3)c3ccccc3-c3c2ccc2c3oc3ccccc32)c1. The molecule has 10 rings (SSSR count). The van der Waals surface area contributed by atoms with Crippen molar-refractivity contribution in [3.05, 3.63) is 186 Å². The Labute approximate surface area is 267 Å². The number of hydrogen-bond acceptors (Lipinski definition) is 2. The van der Waals surface area contributed by atoms with Crippen LogP contribution in [0.1, 0.15) is 27.8 Å². The number of hydrogen-bond donors (Lipinski definition) is 0. The van der Waals surface area contributed by atoms with E-state index in [1.165, 1.54) is 50.1 Å². The molecule has 1 heterocycles. The smallest absolute Gasteiger partial charge is 0.143 e. The molecular weight excluding hydrogens is 558 g/mol. The Balaban J connectivity index is 1.31. The van der Waals surface area contributed by atoms with Crippen LogP contribution in [0.2, 0.25) is 0 Å². The number of anilines is 3. The highest BCUT2D eigenvalue weighted by Gasteiger charge is 2.52. The maximum atomic E-state index is 6.71. The summed E-state index contributed by atoms with van der Waals surface area (Å²) in [5, 5.41) is 2.32. The van der Waals surface area contributed by atoms with E-state index in [1.807, 2.05) is 0 Å². The minimum atomic E-state index is -0.476. The lowest BCUT2D eigenvalue weighted by Crippen LogP contribution is -2.26.